The van der Waals surface area contributed by atoms with E-state index >= 15 is 0 Å². The van der Waals surface area contributed by atoms with Gasteiger partial charge in [-0.1, -0.05) is 0 Å². The van der Waals surface area contributed by atoms with Crippen molar-refractivity contribution in [3.63, 3.8) is 0 Å². The van der Waals surface area contributed by atoms with Crippen LogP contribution in [0.5, 0.6) is 5.75 Å². The number of hydrogen-bond acceptors (Lipinski definition) is 7. The van der Waals surface area contributed by atoms with Crippen LogP contribution in [0.15, 0.2) is 29.2 Å². The van der Waals surface area contributed by atoms with Gasteiger partial charge in [0.15, 0.2) is 5.75 Å². The lowest BCUT2D eigenvalue weighted by Gasteiger charge is -2.34. The highest BCUT2D eigenvalue weighted by molar-refractivity contribution is 7.89. The molecule has 0 radical (unpaired) electrons. The van der Waals surface area contributed by atoms with E-state index in [-0.39, 0.29) is 49.1 Å². The molecule has 1 aromatic carbocycles. The van der Waals surface area contributed by atoms with Crippen molar-refractivity contribution < 1.29 is 22.9 Å². The first-order valence-electron chi connectivity index (χ1n) is 8.84. The predicted molar refractivity (Wildman–Crippen MR) is 108 cm³/mol. The Hall–Kier alpha value is -2.50. The maximum Gasteiger partial charge on any atom is 0.311 e. The largest absolute Gasteiger partial charge is 0.490 e. The van der Waals surface area contributed by atoms with E-state index in [9.17, 15) is 23.3 Å². The molecule has 0 saturated carbocycles. The van der Waals surface area contributed by atoms with Crippen LogP contribution >= 0.6 is 11.3 Å². The molecule has 9 nitrogen and oxygen atoms in total. The SMILES string of the molecule is COc1ccc(C(=O)N2CCN(S(=O)(=O)c3cc(C)sc3C)CC2)cc1[N+](=O)[O-]. The van der Waals surface area contributed by atoms with Crippen LogP contribution in [-0.4, -0.2) is 61.7 Å². The van der Waals surface area contributed by atoms with Gasteiger partial charge in [0.05, 0.1) is 16.9 Å². The number of methoxy groups -OCH3 is 1. The molecule has 2 heterocycles. The molecule has 0 N–H and O–H groups in total. The van der Waals surface area contributed by atoms with E-state index in [1.165, 1.54) is 45.9 Å². The number of nitrogens with zero attached hydrogens (tertiary/aromatic N) is 3. The predicted octanol–water partition coefficient (Wildman–Crippen LogP) is 2.43. The van der Waals surface area contributed by atoms with Gasteiger partial charge < -0.3 is 9.64 Å². The topological polar surface area (TPSA) is 110 Å². The summed E-state index contributed by atoms with van der Waals surface area (Å²) in [4.78, 5) is 26.8. The van der Waals surface area contributed by atoms with Gasteiger partial charge >= 0.3 is 5.69 Å². The number of benzene rings is 1. The zero-order valence-electron chi connectivity index (χ0n) is 16.2. The van der Waals surface area contributed by atoms with Crippen LogP contribution in [0.4, 0.5) is 5.69 Å². The highest BCUT2D eigenvalue weighted by Gasteiger charge is 2.32. The first-order valence-corrected chi connectivity index (χ1v) is 11.1. The maximum atomic E-state index is 12.9. The number of carbonyl (C=O) groups excluding carboxylic acids is 1. The summed E-state index contributed by atoms with van der Waals surface area (Å²) < 4.78 is 32.1. The number of hydrogen-bond donors (Lipinski definition) is 0. The van der Waals surface area contributed by atoms with Crippen LogP contribution in [0.2, 0.25) is 0 Å². The summed E-state index contributed by atoms with van der Waals surface area (Å²) in [5.41, 5.74) is -0.124. The molecule has 1 amide bonds. The van der Waals surface area contributed by atoms with Gasteiger partial charge in [0, 0.05) is 47.6 Å². The third kappa shape index (κ3) is 4.11. The Labute approximate surface area is 172 Å². The van der Waals surface area contributed by atoms with Gasteiger partial charge in [0.2, 0.25) is 10.0 Å². The minimum Gasteiger partial charge on any atom is -0.490 e. The summed E-state index contributed by atoms with van der Waals surface area (Å²) in [6.45, 7) is 4.39. The Morgan fingerprint density at radius 2 is 1.83 bits per heavy atom. The van der Waals surface area contributed by atoms with Crippen LogP contribution in [0, 0.1) is 24.0 Å². The number of nitro groups is 1. The molecule has 0 atom stereocenters. The smallest absolute Gasteiger partial charge is 0.311 e. The molecule has 29 heavy (non-hydrogen) atoms. The summed E-state index contributed by atoms with van der Waals surface area (Å²) in [6.07, 6.45) is 0. The van der Waals surface area contributed by atoms with Crippen LogP contribution in [-0.2, 0) is 10.0 Å². The normalized spacial score (nSPS) is 15.3. The van der Waals surface area contributed by atoms with Crippen molar-refractivity contribution in [1.29, 1.82) is 0 Å². The van der Waals surface area contributed by atoms with Gasteiger partial charge in [-0.3, -0.25) is 14.9 Å². The second-order valence-corrected chi connectivity index (χ2v) is 9.98. The number of ether oxygens (including phenoxy) is 1. The molecular weight excluding hydrogens is 418 g/mol. The maximum absolute atomic E-state index is 12.9. The van der Waals surface area contributed by atoms with E-state index in [2.05, 4.69) is 0 Å². The van der Waals surface area contributed by atoms with Crippen molar-refractivity contribution in [1.82, 2.24) is 9.21 Å². The fraction of sp³-hybridized carbons (Fsp3) is 0.389. The van der Waals surface area contributed by atoms with Gasteiger partial charge in [0.1, 0.15) is 0 Å². The van der Waals surface area contributed by atoms with E-state index in [4.69, 9.17) is 4.74 Å². The number of amides is 1. The zero-order chi connectivity index (χ0) is 21.3. The fourth-order valence-corrected chi connectivity index (χ4v) is 6.23. The number of sulfonamides is 1. The van der Waals surface area contributed by atoms with Crippen LogP contribution in [0.25, 0.3) is 0 Å². The van der Waals surface area contributed by atoms with Crippen molar-refractivity contribution in [2.75, 3.05) is 33.3 Å². The van der Waals surface area contributed by atoms with E-state index < -0.39 is 14.9 Å². The molecule has 1 aliphatic heterocycles. The van der Waals surface area contributed by atoms with Crippen molar-refractivity contribution in [3.05, 3.63) is 49.7 Å². The lowest BCUT2D eigenvalue weighted by atomic mass is 10.1. The van der Waals surface area contributed by atoms with E-state index in [1.807, 2.05) is 6.92 Å². The third-order valence-corrected chi connectivity index (χ3v) is 7.88. The Kier molecular flexibility index (Phi) is 5.92. The van der Waals surface area contributed by atoms with E-state index in [0.29, 0.717) is 4.90 Å². The van der Waals surface area contributed by atoms with E-state index in [0.717, 1.165) is 9.75 Å². The molecule has 1 saturated heterocycles. The van der Waals surface area contributed by atoms with Gasteiger partial charge in [-0.05, 0) is 32.0 Å². The third-order valence-electron chi connectivity index (χ3n) is 4.76. The zero-order valence-corrected chi connectivity index (χ0v) is 17.9. The number of nitro benzene ring substituents is 1. The molecule has 2 aromatic rings. The number of carbonyl (C=O) groups is 1. The number of rotatable bonds is 5. The Morgan fingerprint density at radius 1 is 1.17 bits per heavy atom. The van der Waals surface area contributed by atoms with Crippen molar-refractivity contribution >= 4 is 33.0 Å². The lowest BCUT2D eigenvalue weighted by molar-refractivity contribution is -0.385. The highest BCUT2D eigenvalue weighted by Crippen LogP contribution is 2.30. The van der Waals surface area contributed by atoms with Gasteiger partial charge in [0.25, 0.3) is 5.91 Å². The van der Waals surface area contributed by atoms with Gasteiger partial charge in [-0.2, -0.15) is 4.31 Å². The average molecular weight is 440 g/mol. The average Bonchev–Trinajstić information content (AvgIpc) is 3.05. The second kappa shape index (κ2) is 8.09. The molecule has 156 valence electrons. The highest BCUT2D eigenvalue weighted by atomic mass is 32.2. The summed E-state index contributed by atoms with van der Waals surface area (Å²) in [5, 5.41) is 11.2. The molecule has 0 unspecified atom stereocenters. The summed E-state index contributed by atoms with van der Waals surface area (Å²) in [5.74, 6) is -0.306. The molecule has 11 heteroatoms. The minimum absolute atomic E-state index is 0.0730. The molecule has 0 spiro atoms. The lowest BCUT2D eigenvalue weighted by Crippen LogP contribution is -2.50. The van der Waals surface area contributed by atoms with Crippen molar-refractivity contribution in [2.45, 2.75) is 18.7 Å². The summed E-state index contributed by atoms with van der Waals surface area (Å²) in [7, 11) is -2.29. The molecule has 1 aliphatic rings. The quantitative estimate of drug-likeness (QED) is 0.523. The molecule has 1 aromatic heterocycles. The van der Waals surface area contributed by atoms with Gasteiger partial charge in [-0.25, -0.2) is 8.42 Å². The van der Waals surface area contributed by atoms with Crippen LogP contribution < -0.4 is 4.74 Å². The molecule has 1 fully saturated rings. The Morgan fingerprint density at radius 3 is 2.34 bits per heavy atom. The standard InChI is InChI=1S/C18H21N3O6S2/c1-12-10-17(13(2)28-12)29(25,26)20-8-6-19(7-9-20)18(22)14-4-5-16(27-3)15(11-14)21(23)24/h4-5,10-11H,6-9H2,1-3H3. The first kappa shape index (κ1) is 21.2. The van der Waals surface area contributed by atoms with Crippen molar-refractivity contribution in [2.24, 2.45) is 0 Å². The van der Waals surface area contributed by atoms with E-state index in [1.54, 1.807) is 13.0 Å². The fourth-order valence-electron chi connectivity index (χ4n) is 3.28. The first-order chi connectivity index (χ1) is 13.6. The van der Waals surface area contributed by atoms with Crippen LogP contribution in [0.1, 0.15) is 20.1 Å². The molecular formula is C18H21N3O6S2. The van der Waals surface area contributed by atoms with Crippen molar-refractivity contribution in [3.8, 4) is 5.75 Å². The molecule has 0 aliphatic carbocycles. The van der Waals surface area contributed by atoms with Crippen LogP contribution in [0.3, 0.4) is 0 Å². The summed E-state index contributed by atoms with van der Waals surface area (Å²) >= 11 is 1.43. The second-order valence-electron chi connectivity index (χ2n) is 6.62. The Balaban J connectivity index is 1.74. The number of piperazine rings is 1. The molecule has 0 bridgehead atoms. The Bertz CT molecular complexity index is 1060. The number of thiophene rings is 1. The minimum atomic E-state index is -3.61. The summed E-state index contributed by atoms with van der Waals surface area (Å²) in [6, 6.07) is 5.70. The van der Waals surface area contributed by atoms with Gasteiger partial charge in [-0.15, -0.1) is 11.3 Å². The number of aryl methyl sites for hydroxylation is 2. The molecule has 3 rings (SSSR count). The monoisotopic (exact) mass is 439 g/mol.